The van der Waals surface area contributed by atoms with Crippen LogP contribution in [0.2, 0.25) is 0 Å². The minimum atomic E-state index is -5.78. The Balaban J connectivity index is 5.27. The quantitative estimate of drug-likeness (QED) is 0.450. The molecule has 1 atom stereocenters. The Morgan fingerprint density at radius 2 is 1.06 bits per heavy atom. The Morgan fingerprint density at radius 1 is 0.765 bits per heavy atom. The largest absolute Gasteiger partial charge is 0.416 e. The maximum Gasteiger partial charge on any atom is 0.416 e. The molecule has 0 aromatic rings. The third kappa shape index (κ3) is 4.27. The molecule has 0 aliphatic rings. The lowest BCUT2D eigenvalue weighted by Crippen LogP contribution is -2.54. The van der Waals surface area contributed by atoms with Crippen molar-refractivity contribution in [2.75, 3.05) is 0 Å². The van der Waals surface area contributed by atoms with E-state index in [1.165, 1.54) is 0 Å². The molecule has 0 aromatic heterocycles. The average molecular weight is 366 g/mol. The fraction of sp³-hybridized carbons (Fsp3) is 1.00. The molecular formula is C6H3Cl5F6. The summed E-state index contributed by atoms with van der Waals surface area (Å²) in [6, 6.07) is 0. The van der Waals surface area contributed by atoms with Gasteiger partial charge in [0.2, 0.25) is 8.67 Å². The number of halogens is 11. The summed E-state index contributed by atoms with van der Waals surface area (Å²) in [6.07, 6.45) is -13.4. The first-order valence-corrected chi connectivity index (χ1v) is 5.61. The van der Waals surface area contributed by atoms with Crippen LogP contribution in [0.25, 0.3) is 0 Å². The maximum absolute atomic E-state index is 12.3. The Kier molecular flexibility index (Phi) is 5.51. The first-order chi connectivity index (χ1) is 7.13. The summed E-state index contributed by atoms with van der Waals surface area (Å²) in [6.45, 7) is 0. The number of hydrogen-bond donors (Lipinski definition) is 0. The molecule has 0 saturated heterocycles. The Bertz CT molecular complexity index is 252. The molecule has 0 rings (SSSR count). The second kappa shape index (κ2) is 5.19. The lowest BCUT2D eigenvalue weighted by molar-refractivity contribution is -0.269. The van der Waals surface area contributed by atoms with Crippen molar-refractivity contribution in [3.63, 3.8) is 0 Å². The topological polar surface area (TPSA) is 0 Å². The first kappa shape index (κ1) is 18.0. The molecule has 104 valence electrons. The minimum Gasteiger partial charge on any atom is -0.169 e. The van der Waals surface area contributed by atoms with Crippen molar-refractivity contribution >= 4 is 58.0 Å². The van der Waals surface area contributed by atoms with Crippen LogP contribution >= 0.6 is 58.0 Å². The molecule has 0 amide bonds. The van der Waals surface area contributed by atoms with Crippen molar-refractivity contribution < 1.29 is 26.3 Å². The van der Waals surface area contributed by atoms with E-state index in [-0.39, 0.29) is 0 Å². The highest BCUT2D eigenvalue weighted by atomic mass is 35.6. The van der Waals surface area contributed by atoms with Gasteiger partial charge in [-0.3, -0.25) is 0 Å². The summed E-state index contributed by atoms with van der Waals surface area (Å²) >= 11 is 25.0. The molecule has 0 aliphatic carbocycles. The summed E-state index contributed by atoms with van der Waals surface area (Å²) < 4.78 is 71.4. The van der Waals surface area contributed by atoms with Gasteiger partial charge in [0, 0.05) is 6.42 Å². The summed E-state index contributed by atoms with van der Waals surface area (Å²) in [5.41, 5.74) is 0. The Morgan fingerprint density at radius 3 is 1.24 bits per heavy atom. The van der Waals surface area contributed by atoms with E-state index in [1.54, 1.807) is 0 Å². The number of hydrogen-bond acceptors (Lipinski definition) is 0. The molecule has 0 heterocycles. The second-order valence-corrected chi connectivity index (χ2v) is 6.55. The van der Waals surface area contributed by atoms with E-state index in [0.29, 0.717) is 0 Å². The average Bonchev–Trinajstić information content (AvgIpc) is 1.97. The zero-order chi connectivity index (χ0) is 14.3. The van der Waals surface area contributed by atoms with Gasteiger partial charge in [0.15, 0.2) is 0 Å². The zero-order valence-electron chi connectivity index (χ0n) is 7.44. The van der Waals surface area contributed by atoms with Crippen LogP contribution in [-0.2, 0) is 0 Å². The van der Waals surface area contributed by atoms with Gasteiger partial charge in [-0.05, 0) is 0 Å². The lowest BCUT2D eigenvalue weighted by Gasteiger charge is -2.34. The van der Waals surface area contributed by atoms with Gasteiger partial charge in [0.25, 0.3) is 0 Å². The van der Waals surface area contributed by atoms with Crippen LogP contribution in [0.3, 0.4) is 0 Å². The highest BCUT2D eigenvalue weighted by Gasteiger charge is 2.71. The van der Waals surface area contributed by atoms with E-state index in [0.717, 1.165) is 0 Å². The molecule has 0 fully saturated rings. The highest BCUT2D eigenvalue weighted by Crippen LogP contribution is 2.53. The van der Waals surface area contributed by atoms with Crippen LogP contribution in [0.4, 0.5) is 26.3 Å². The van der Waals surface area contributed by atoms with Gasteiger partial charge in [0.05, 0.1) is 5.38 Å². The van der Waals surface area contributed by atoms with Crippen LogP contribution < -0.4 is 0 Å². The maximum atomic E-state index is 12.3. The summed E-state index contributed by atoms with van der Waals surface area (Å²) in [5.74, 6) is 0. The smallest absolute Gasteiger partial charge is 0.169 e. The van der Waals surface area contributed by atoms with Gasteiger partial charge in [0.1, 0.15) is 0 Å². The molecule has 11 heteroatoms. The SMILES string of the molecule is FC(F)(F)C(Cl)(CC(Cl)C(Cl)(Cl)Cl)C(F)(F)F. The van der Waals surface area contributed by atoms with Crippen LogP contribution in [-0.4, -0.2) is 26.4 Å². The van der Waals surface area contributed by atoms with E-state index >= 15 is 0 Å². The molecule has 0 aliphatic heterocycles. The Labute approximate surface area is 117 Å². The van der Waals surface area contributed by atoms with Crippen molar-refractivity contribution in [2.24, 2.45) is 0 Å². The van der Waals surface area contributed by atoms with Crippen molar-refractivity contribution in [1.29, 1.82) is 0 Å². The second-order valence-electron chi connectivity index (χ2n) is 3.01. The van der Waals surface area contributed by atoms with Gasteiger partial charge >= 0.3 is 12.4 Å². The molecule has 0 N–H and O–H groups in total. The molecule has 0 nitrogen and oxygen atoms in total. The van der Waals surface area contributed by atoms with Gasteiger partial charge in [-0.15, -0.1) is 11.6 Å². The standard InChI is InChI=1S/C6H3Cl5F6/c7-2(4(9,10)11)1-3(8,5(12,13)14)6(15,16)17/h2H,1H2. The van der Waals surface area contributed by atoms with Crippen molar-refractivity contribution in [1.82, 2.24) is 0 Å². The van der Waals surface area contributed by atoms with E-state index in [9.17, 15) is 26.3 Å². The van der Waals surface area contributed by atoms with Crippen molar-refractivity contribution in [2.45, 2.75) is 32.8 Å². The monoisotopic (exact) mass is 364 g/mol. The van der Waals surface area contributed by atoms with E-state index in [2.05, 4.69) is 11.6 Å². The molecule has 0 saturated carbocycles. The fourth-order valence-corrected chi connectivity index (χ4v) is 1.45. The normalized spacial score (nSPS) is 17.1. The van der Waals surface area contributed by atoms with Crippen molar-refractivity contribution in [3.8, 4) is 0 Å². The number of rotatable bonds is 2. The highest BCUT2D eigenvalue weighted by molar-refractivity contribution is 6.70. The van der Waals surface area contributed by atoms with Gasteiger partial charge in [-0.1, -0.05) is 46.4 Å². The van der Waals surface area contributed by atoms with Crippen molar-refractivity contribution in [3.05, 3.63) is 0 Å². The molecule has 0 radical (unpaired) electrons. The van der Waals surface area contributed by atoms with E-state index in [4.69, 9.17) is 46.4 Å². The summed E-state index contributed by atoms with van der Waals surface area (Å²) in [4.78, 5) is -4.56. The van der Waals surface area contributed by atoms with Gasteiger partial charge < -0.3 is 0 Å². The number of alkyl halides is 11. The predicted octanol–water partition coefficient (Wildman–Crippen LogP) is 5.46. The molecule has 0 aromatic carbocycles. The van der Waals surface area contributed by atoms with Gasteiger partial charge in [-0.2, -0.15) is 26.3 Å². The third-order valence-electron chi connectivity index (χ3n) is 1.71. The van der Waals surface area contributed by atoms with Crippen LogP contribution in [0, 0.1) is 0 Å². The van der Waals surface area contributed by atoms with Crippen LogP contribution in [0.15, 0.2) is 0 Å². The molecule has 1 unspecified atom stereocenters. The fourth-order valence-electron chi connectivity index (χ4n) is 0.755. The minimum absolute atomic E-state index is 1.82. The Hall–Kier alpha value is 1.03. The van der Waals surface area contributed by atoms with E-state index < -0.39 is 32.8 Å². The van der Waals surface area contributed by atoms with Crippen LogP contribution in [0.1, 0.15) is 6.42 Å². The molecular weight excluding hydrogens is 363 g/mol. The first-order valence-electron chi connectivity index (χ1n) is 3.66. The molecule has 0 bridgehead atoms. The zero-order valence-corrected chi connectivity index (χ0v) is 11.2. The molecule has 0 spiro atoms. The third-order valence-corrected chi connectivity index (χ3v) is 3.90. The van der Waals surface area contributed by atoms with E-state index in [1.807, 2.05) is 0 Å². The summed E-state index contributed by atoms with van der Waals surface area (Å²) in [7, 11) is 0. The lowest BCUT2D eigenvalue weighted by atomic mass is 10.0. The van der Waals surface area contributed by atoms with Crippen LogP contribution in [0.5, 0.6) is 0 Å². The predicted molar refractivity (Wildman–Crippen MR) is 55.2 cm³/mol. The van der Waals surface area contributed by atoms with Gasteiger partial charge in [-0.25, -0.2) is 0 Å². The summed E-state index contributed by atoms with van der Waals surface area (Å²) in [5, 5.41) is -2.06. The molecule has 17 heavy (non-hydrogen) atoms.